The molecule has 6 heteroatoms. The van der Waals surface area contributed by atoms with Crippen LogP contribution in [0.1, 0.15) is 12.8 Å². The molecule has 0 spiro atoms. The molecule has 76 valence electrons. The summed E-state index contributed by atoms with van der Waals surface area (Å²) < 4.78 is 42.8. The van der Waals surface area contributed by atoms with Crippen LogP contribution in [-0.4, -0.2) is 25.5 Å². The maximum Gasteiger partial charge on any atom is 0.575 e. The van der Waals surface area contributed by atoms with Gasteiger partial charge < -0.3 is 9.47 Å². The molecule has 0 amide bonds. The van der Waals surface area contributed by atoms with Gasteiger partial charge in [0.25, 0.3) is 0 Å². The molecule has 0 radical (unpaired) electrons. The maximum atomic E-state index is 11.6. The van der Waals surface area contributed by atoms with Gasteiger partial charge in [-0.05, 0) is 12.8 Å². The van der Waals surface area contributed by atoms with Crippen molar-refractivity contribution in [1.29, 1.82) is 0 Å². The molecule has 1 rings (SSSR count). The molecule has 1 heterocycles. The molecule has 1 unspecified atom stereocenters. The molecule has 0 aliphatic carbocycles. The Kier molecular flexibility index (Phi) is 3.13. The Bertz CT molecular complexity index is 184. The van der Waals surface area contributed by atoms with Crippen LogP contribution in [0.3, 0.4) is 0 Å². The third kappa shape index (κ3) is 3.63. The normalized spacial score (nSPS) is 24.1. The molecule has 1 atom stereocenters. The van der Waals surface area contributed by atoms with Crippen molar-refractivity contribution < 1.29 is 27.4 Å². The van der Waals surface area contributed by atoms with Crippen LogP contribution in [0.25, 0.3) is 0 Å². The summed E-state index contributed by atoms with van der Waals surface area (Å²) in [5, 5.41) is 0. The van der Waals surface area contributed by atoms with Gasteiger partial charge in [-0.15, -0.1) is 13.2 Å². The van der Waals surface area contributed by atoms with Gasteiger partial charge in [0.2, 0.25) is 0 Å². The minimum Gasteiger partial charge on any atom is -0.381 e. The maximum absolute atomic E-state index is 11.6. The second kappa shape index (κ2) is 3.95. The van der Waals surface area contributed by atoms with Gasteiger partial charge in [-0.1, -0.05) is 0 Å². The van der Waals surface area contributed by atoms with E-state index in [2.05, 4.69) is 4.74 Å². The molecular weight excluding hydrogens is 189 g/mol. The SMILES string of the molecule is O=C(OC(F)(F)F)C1CCCOC1. The number of hydrogen-bond acceptors (Lipinski definition) is 3. The van der Waals surface area contributed by atoms with E-state index in [1.165, 1.54) is 0 Å². The van der Waals surface area contributed by atoms with Gasteiger partial charge in [-0.25, -0.2) is 0 Å². The molecule has 1 aliphatic heterocycles. The zero-order valence-corrected chi connectivity index (χ0v) is 6.76. The van der Waals surface area contributed by atoms with Crippen molar-refractivity contribution in [2.45, 2.75) is 19.2 Å². The standard InChI is InChI=1S/C7H9F3O3/c8-7(9,10)13-6(11)5-2-1-3-12-4-5/h5H,1-4H2. The Hall–Kier alpha value is -0.780. The van der Waals surface area contributed by atoms with Crippen LogP contribution in [0.5, 0.6) is 0 Å². The van der Waals surface area contributed by atoms with Crippen LogP contribution < -0.4 is 0 Å². The lowest BCUT2D eigenvalue weighted by molar-refractivity contribution is -0.308. The lowest BCUT2D eigenvalue weighted by atomic mass is 10.0. The minimum atomic E-state index is -4.88. The average Bonchev–Trinajstić information content (AvgIpc) is 2.03. The summed E-state index contributed by atoms with van der Waals surface area (Å²) in [6, 6.07) is 0. The summed E-state index contributed by atoms with van der Waals surface area (Å²) in [5.41, 5.74) is 0. The molecule has 0 aromatic carbocycles. The molecular formula is C7H9F3O3. The quantitative estimate of drug-likeness (QED) is 0.598. The Labute approximate surface area is 72.8 Å². The predicted molar refractivity (Wildman–Crippen MR) is 35.7 cm³/mol. The molecule has 0 aromatic rings. The van der Waals surface area contributed by atoms with E-state index in [1.54, 1.807) is 0 Å². The van der Waals surface area contributed by atoms with Crippen molar-refractivity contribution in [2.24, 2.45) is 5.92 Å². The molecule has 0 aromatic heterocycles. The number of ether oxygens (including phenoxy) is 2. The van der Waals surface area contributed by atoms with E-state index in [-0.39, 0.29) is 6.61 Å². The molecule has 1 aliphatic rings. The van der Waals surface area contributed by atoms with Crippen LogP contribution in [0.2, 0.25) is 0 Å². The molecule has 3 nitrogen and oxygen atoms in total. The number of hydrogen-bond donors (Lipinski definition) is 0. The van der Waals surface area contributed by atoms with E-state index >= 15 is 0 Å². The summed E-state index contributed by atoms with van der Waals surface area (Å²) in [6.45, 7) is 0.519. The first kappa shape index (κ1) is 10.3. The molecule has 0 bridgehead atoms. The first-order valence-corrected chi connectivity index (χ1v) is 3.86. The van der Waals surface area contributed by atoms with Gasteiger partial charge >= 0.3 is 12.3 Å². The van der Waals surface area contributed by atoms with E-state index in [0.717, 1.165) is 0 Å². The fraction of sp³-hybridized carbons (Fsp3) is 0.857. The highest BCUT2D eigenvalue weighted by molar-refractivity contribution is 5.72. The number of halogens is 3. The van der Waals surface area contributed by atoms with Gasteiger partial charge in [0.15, 0.2) is 0 Å². The number of esters is 1. The van der Waals surface area contributed by atoms with E-state index in [1.807, 2.05) is 0 Å². The third-order valence-electron chi connectivity index (χ3n) is 1.71. The van der Waals surface area contributed by atoms with E-state index in [9.17, 15) is 18.0 Å². The van der Waals surface area contributed by atoms with E-state index in [0.29, 0.717) is 19.4 Å². The lowest BCUT2D eigenvalue weighted by Gasteiger charge is -2.20. The molecule has 0 N–H and O–H groups in total. The lowest BCUT2D eigenvalue weighted by Crippen LogP contribution is -2.31. The van der Waals surface area contributed by atoms with Gasteiger partial charge in [-0.3, -0.25) is 4.79 Å². The largest absolute Gasteiger partial charge is 0.575 e. The van der Waals surface area contributed by atoms with Crippen molar-refractivity contribution in [3.63, 3.8) is 0 Å². The highest BCUT2D eigenvalue weighted by Crippen LogP contribution is 2.22. The van der Waals surface area contributed by atoms with Crippen molar-refractivity contribution in [2.75, 3.05) is 13.2 Å². The average molecular weight is 198 g/mol. The fourth-order valence-electron chi connectivity index (χ4n) is 1.12. The molecule has 1 fully saturated rings. The van der Waals surface area contributed by atoms with Gasteiger partial charge in [0.1, 0.15) is 0 Å². The summed E-state index contributed by atoms with van der Waals surface area (Å²) in [5.74, 6) is -2.01. The Morgan fingerprint density at radius 2 is 2.15 bits per heavy atom. The van der Waals surface area contributed by atoms with Crippen LogP contribution in [0.15, 0.2) is 0 Å². The molecule has 0 saturated carbocycles. The zero-order valence-electron chi connectivity index (χ0n) is 6.76. The Balaban J connectivity index is 2.38. The minimum absolute atomic E-state index is 0.0227. The van der Waals surface area contributed by atoms with Crippen molar-refractivity contribution in [3.8, 4) is 0 Å². The first-order valence-electron chi connectivity index (χ1n) is 3.86. The van der Waals surface area contributed by atoms with Gasteiger partial charge in [0.05, 0.1) is 12.5 Å². The Morgan fingerprint density at radius 1 is 1.46 bits per heavy atom. The van der Waals surface area contributed by atoms with Crippen molar-refractivity contribution in [1.82, 2.24) is 0 Å². The second-order valence-electron chi connectivity index (χ2n) is 2.78. The van der Waals surface area contributed by atoms with Crippen molar-refractivity contribution >= 4 is 5.97 Å². The number of rotatable bonds is 1. The summed E-state index contributed by atoms with van der Waals surface area (Å²) >= 11 is 0. The van der Waals surface area contributed by atoms with E-state index in [4.69, 9.17) is 4.74 Å². The number of carbonyl (C=O) groups excluding carboxylic acids is 1. The highest BCUT2D eigenvalue weighted by atomic mass is 19.4. The molecule has 1 saturated heterocycles. The molecule has 13 heavy (non-hydrogen) atoms. The Morgan fingerprint density at radius 3 is 2.62 bits per heavy atom. The third-order valence-corrected chi connectivity index (χ3v) is 1.71. The summed E-state index contributed by atoms with van der Waals surface area (Å²) in [6.07, 6.45) is -3.89. The van der Waals surface area contributed by atoms with Crippen molar-refractivity contribution in [3.05, 3.63) is 0 Å². The number of alkyl halides is 3. The first-order chi connectivity index (χ1) is 5.99. The van der Waals surface area contributed by atoms with Crippen LogP contribution >= 0.6 is 0 Å². The smallest absolute Gasteiger partial charge is 0.381 e. The zero-order chi connectivity index (χ0) is 9.90. The van der Waals surface area contributed by atoms with Crippen LogP contribution in [0.4, 0.5) is 13.2 Å². The fourth-order valence-corrected chi connectivity index (χ4v) is 1.12. The van der Waals surface area contributed by atoms with Crippen LogP contribution in [0, 0.1) is 5.92 Å². The van der Waals surface area contributed by atoms with E-state index < -0.39 is 18.2 Å². The highest BCUT2D eigenvalue weighted by Gasteiger charge is 2.37. The topological polar surface area (TPSA) is 35.5 Å². The predicted octanol–water partition coefficient (Wildman–Crippen LogP) is 1.48. The summed E-state index contributed by atoms with van der Waals surface area (Å²) in [7, 11) is 0. The monoisotopic (exact) mass is 198 g/mol. The summed E-state index contributed by atoms with van der Waals surface area (Å²) in [4.78, 5) is 10.8. The number of carbonyl (C=O) groups is 1. The van der Waals surface area contributed by atoms with Gasteiger partial charge in [-0.2, -0.15) is 0 Å². The van der Waals surface area contributed by atoms with Gasteiger partial charge in [0, 0.05) is 6.61 Å². The van der Waals surface area contributed by atoms with Crippen LogP contribution in [-0.2, 0) is 14.3 Å². The second-order valence-corrected chi connectivity index (χ2v) is 2.78.